The van der Waals surface area contributed by atoms with Gasteiger partial charge in [-0.25, -0.2) is 9.97 Å². The van der Waals surface area contributed by atoms with Gasteiger partial charge in [0.15, 0.2) is 23.1 Å². The Morgan fingerprint density at radius 2 is 1.23 bits per heavy atom. The van der Waals surface area contributed by atoms with Gasteiger partial charge in [-0.2, -0.15) is 20.2 Å². The molecule has 0 bridgehead atoms. The molecule has 2 fully saturated rings. The number of anilines is 5. The molecule has 2 aromatic carbocycles. The number of methoxy groups -OCH3 is 2. The van der Waals surface area contributed by atoms with Crippen LogP contribution in [-0.4, -0.2) is 92.1 Å². The fraction of sp³-hybridized carbons (Fsp3) is 0.350. The number of nitrogens with two attached hydrogens (primary N) is 1. The second-order valence-corrected chi connectivity index (χ2v) is 15.0. The number of hydrogen-bond acceptors (Lipinski definition) is 14. The average molecular weight is 793 g/mol. The summed E-state index contributed by atoms with van der Waals surface area (Å²) in [6, 6.07) is 11.5. The number of aromatic nitrogens is 8. The van der Waals surface area contributed by atoms with Crippen LogP contribution in [0.25, 0.3) is 22.3 Å². The number of ether oxygens (including phenoxy) is 4. The van der Waals surface area contributed by atoms with E-state index in [0.29, 0.717) is 18.2 Å². The van der Waals surface area contributed by atoms with E-state index in [1.165, 1.54) is 12.8 Å². The van der Waals surface area contributed by atoms with E-state index in [1.807, 2.05) is 76.1 Å². The Morgan fingerprint density at radius 1 is 0.702 bits per heavy atom. The highest BCUT2D eigenvalue weighted by atomic mass is 35.5. The molecule has 0 saturated heterocycles. The first kappa shape index (κ1) is 37.6. The number of benzene rings is 2. The third kappa shape index (κ3) is 7.64. The minimum atomic E-state index is 0.118. The van der Waals surface area contributed by atoms with E-state index in [2.05, 4.69) is 52.3 Å². The predicted octanol–water partition coefficient (Wildman–Crippen LogP) is 6.16. The first-order chi connectivity index (χ1) is 27.5. The van der Waals surface area contributed by atoms with Crippen molar-refractivity contribution in [1.29, 1.82) is 0 Å². The SMILES string of the molecule is CN1c2nc(Cl)ncc2OCC12CC2.COc1cc(N)ccc1-c1cnn(C)c1.COc1cc(Nc2ncc3c(n2)N(C)C2(CC2)CO3)ccc1-c1cnn(C)c1. The van der Waals surface area contributed by atoms with Crippen LogP contribution in [0.4, 0.5) is 29.0 Å². The average Bonchev–Trinajstić information content (AvgIpc) is 4.09. The lowest BCUT2D eigenvalue weighted by Gasteiger charge is -2.35. The zero-order valence-electron chi connectivity index (χ0n) is 32.7. The van der Waals surface area contributed by atoms with E-state index in [0.717, 1.165) is 82.0 Å². The van der Waals surface area contributed by atoms with Crippen molar-refractivity contribution in [2.45, 2.75) is 36.8 Å². The van der Waals surface area contributed by atoms with Gasteiger partial charge in [0.2, 0.25) is 11.2 Å². The molecule has 6 heterocycles. The van der Waals surface area contributed by atoms with Crippen molar-refractivity contribution in [3.8, 4) is 45.3 Å². The molecule has 17 heteroatoms. The maximum atomic E-state index is 5.86. The summed E-state index contributed by atoms with van der Waals surface area (Å²) in [4.78, 5) is 21.6. The van der Waals surface area contributed by atoms with Crippen LogP contribution in [0.1, 0.15) is 25.7 Å². The maximum Gasteiger partial charge on any atom is 0.229 e. The highest BCUT2D eigenvalue weighted by Gasteiger charge is 2.52. The van der Waals surface area contributed by atoms with Gasteiger partial charge < -0.3 is 39.8 Å². The Kier molecular flexibility index (Phi) is 9.89. The van der Waals surface area contributed by atoms with Gasteiger partial charge in [-0.1, -0.05) is 0 Å². The summed E-state index contributed by atoms with van der Waals surface area (Å²) >= 11 is 5.75. The number of likely N-dealkylation sites (N-methyl/N-ethyl adjacent to an activating group) is 2. The third-order valence-corrected chi connectivity index (χ3v) is 11.0. The third-order valence-electron chi connectivity index (χ3n) is 10.9. The van der Waals surface area contributed by atoms with E-state index >= 15 is 0 Å². The van der Waals surface area contributed by atoms with Crippen LogP contribution >= 0.6 is 11.6 Å². The molecule has 16 nitrogen and oxygen atoms in total. The number of aryl methyl sites for hydroxylation is 2. The lowest BCUT2D eigenvalue weighted by molar-refractivity contribution is 0.252. The lowest BCUT2D eigenvalue weighted by Crippen LogP contribution is -2.43. The molecule has 4 aromatic heterocycles. The molecule has 4 aliphatic rings. The normalized spacial score (nSPS) is 16.1. The van der Waals surface area contributed by atoms with E-state index in [4.69, 9.17) is 36.3 Å². The summed E-state index contributed by atoms with van der Waals surface area (Å²) < 4.78 is 25.8. The van der Waals surface area contributed by atoms with Crippen LogP contribution in [0.5, 0.6) is 23.0 Å². The molecule has 6 aromatic rings. The number of nitrogens with one attached hydrogen (secondary N) is 1. The second kappa shape index (κ2) is 15.0. The van der Waals surface area contributed by atoms with Gasteiger partial charge in [0, 0.05) is 86.3 Å². The minimum Gasteiger partial charge on any atom is -0.496 e. The zero-order chi connectivity index (χ0) is 39.9. The van der Waals surface area contributed by atoms with Crippen molar-refractivity contribution >= 4 is 40.6 Å². The predicted molar refractivity (Wildman–Crippen MR) is 219 cm³/mol. The largest absolute Gasteiger partial charge is 0.496 e. The Hall–Kier alpha value is -6.29. The Bertz CT molecular complexity index is 2410. The summed E-state index contributed by atoms with van der Waals surface area (Å²) in [7, 11) is 11.2. The summed E-state index contributed by atoms with van der Waals surface area (Å²) in [5, 5.41) is 11.9. The number of nitrogen functional groups attached to an aromatic ring is 1. The van der Waals surface area contributed by atoms with Crippen molar-refractivity contribution in [1.82, 2.24) is 39.5 Å². The van der Waals surface area contributed by atoms with Crippen molar-refractivity contribution in [2.24, 2.45) is 14.1 Å². The number of hydrogen-bond donors (Lipinski definition) is 2. The summed E-state index contributed by atoms with van der Waals surface area (Å²) in [6.07, 6.45) is 15.5. The minimum absolute atomic E-state index is 0.118. The molecule has 2 spiro atoms. The molecule has 3 N–H and O–H groups in total. The summed E-state index contributed by atoms with van der Waals surface area (Å²) in [6.45, 7) is 1.45. The molecule has 296 valence electrons. The van der Waals surface area contributed by atoms with E-state index < -0.39 is 0 Å². The first-order valence-corrected chi connectivity index (χ1v) is 18.9. The fourth-order valence-corrected chi connectivity index (χ4v) is 7.09. The Labute approximate surface area is 335 Å². The lowest BCUT2D eigenvalue weighted by atomic mass is 10.1. The smallest absolute Gasteiger partial charge is 0.229 e. The molecule has 2 aliphatic carbocycles. The van der Waals surface area contributed by atoms with Crippen LogP contribution in [0.15, 0.2) is 73.6 Å². The maximum absolute atomic E-state index is 5.86. The van der Waals surface area contributed by atoms with Crippen molar-refractivity contribution < 1.29 is 18.9 Å². The quantitative estimate of drug-likeness (QED) is 0.145. The van der Waals surface area contributed by atoms with Crippen molar-refractivity contribution in [2.75, 3.05) is 62.4 Å². The van der Waals surface area contributed by atoms with E-state index in [9.17, 15) is 0 Å². The Balaban J connectivity index is 0.000000132. The fourth-order valence-electron chi connectivity index (χ4n) is 6.97. The van der Waals surface area contributed by atoms with Crippen molar-refractivity contribution in [3.05, 3.63) is 78.9 Å². The second-order valence-electron chi connectivity index (χ2n) is 14.7. The van der Waals surface area contributed by atoms with Crippen LogP contribution in [0, 0.1) is 0 Å². The van der Waals surface area contributed by atoms with Gasteiger partial charge in [-0.3, -0.25) is 9.36 Å². The van der Waals surface area contributed by atoms with Crippen LogP contribution < -0.4 is 39.8 Å². The first-order valence-electron chi connectivity index (χ1n) is 18.5. The summed E-state index contributed by atoms with van der Waals surface area (Å²) in [5.74, 6) is 5.16. The molecule has 2 saturated carbocycles. The molecular weight excluding hydrogens is 748 g/mol. The van der Waals surface area contributed by atoms with Gasteiger partial charge >= 0.3 is 0 Å². The molecule has 57 heavy (non-hydrogen) atoms. The summed E-state index contributed by atoms with van der Waals surface area (Å²) in [5.41, 5.74) is 11.5. The van der Waals surface area contributed by atoms with Gasteiger partial charge in [0.1, 0.15) is 24.7 Å². The molecule has 2 aliphatic heterocycles. The topological polar surface area (TPSA) is 169 Å². The van der Waals surface area contributed by atoms with Crippen LogP contribution in [-0.2, 0) is 14.1 Å². The molecule has 10 rings (SSSR count). The number of fused-ring (bicyclic) bond motifs is 2. The molecular formula is C40H45ClN12O4. The number of rotatable bonds is 6. The van der Waals surface area contributed by atoms with Crippen LogP contribution in [0.3, 0.4) is 0 Å². The van der Waals surface area contributed by atoms with Gasteiger partial charge in [0.25, 0.3) is 0 Å². The number of nitrogens with zero attached hydrogens (tertiary/aromatic N) is 10. The molecule has 0 atom stereocenters. The molecule has 0 radical (unpaired) electrons. The van der Waals surface area contributed by atoms with Crippen LogP contribution in [0.2, 0.25) is 5.28 Å². The zero-order valence-corrected chi connectivity index (χ0v) is 33.5. The van der Waals surface area contributed by atoms with E-state index in [-0.39, 0.29) is 16.4 Å². The standard InChI is InChI=1S/C20H22N6O2.C11H13N3O.C9H10ClN3O/c1-25-11-13(9-22-25)15-5-4-14(8-16(15)27-3)23-19-21-10-17-18(24-19)26(2)20(6-7-20)12-28-17;1-14-7-8(6-13-14)10-4-3-9(12)5-11(10)15-2;1-13-7-6(4-11-8(10)12-7)14-5-9(13)2-3-9/h4-5,8-11H,6-7,12H2,1-3H3,(H,21,23,24);3-7H,12H2,1-2H3;4H,2-3,5H2,1H3. The number of halogens is 1. The molecule has 0 amide bonds. The Morgan fingerprint density at radius 3 is 1.75 bits per heavy atom. The van der Waals surface area contributed by atoms with Gasteiger partial charge in [-0.05, 0) is 61.5 Å². The molecule has 0 unspecified atom stereocenters. The monoisotopic (exact) mass is 792 g/mol. The van der Waals surface area contributed by atoms with Gasteiger partial charge in [0.05, 0.1) is 50.1 Å². The highest BCUT2D eigenvalue weighted by Crippen LogP contribution is 2.49. The van der Waals surface area contributed by atoms with Crippen molar-refractivity contribution in [3.63, 3.8) is 0 Å². The van der Waals surface area contributed by atoms with Gasteiger partial charge in [-0.15, -0.1) is 0 Å². The highest BCUT2D eigenvalue weighted by molar-refractivity contribution is 6.28. The van der Waals surface area contributed by atoms with E-state index in [1.54, 1.807) is 42.2 Å².